The van der Waals surface area contributed by atoms with Crippen LogP contribution < -0.4 is 9.46 Å². The highest BCUT2D eigenvalue weighted by atomic mass is 35.5. The molecule has 0 aliphatic rings. The fraction of sp³-hybridized carbons (Fsp3) is 0.0909. The van der Waals surface area contributed by atoms with Gasteiger partial charge in [0.15, 0.2) is 5.15 Å². The van der Waals surface area contributed by atoms with Gasteiger partial charge < -0.3 is 4.74 Å². The van der Waals surface area contributed by atoms with E-state index in [2.05, 4.69) is 14.7 Å². The maximum atomic E-state index is 12.2. The molecule has 0 bridgehead atoms. The maximum Gasteiger partial charge on any atom is 0.263 e. The molecule has 6 nitrogen and oxygen atoms in total. The molecule has 0 saturated carbocycles. The van der Waals surface area contributed by atoms with E-state index < -0.39 is 10.0 Å². The lowest BCUT2D eigenvalue weighted by molar-refractivity contribution is 0.398. The first-order chi connectivity index (χ1) is 9.83. The zero-order valence-corrected chi connectivity index (χ0v) is 13.6. The van der Waals surface area contributed by atoms with E-state index in [1.54, 1.807) is 0 Å². The number of anilines is 1. The van der Waals surface area contributed by atoms with Crippen molar-refractivity contribution < 1.29 is 13.2 Å². The quantitative estimate of drug-likeness (QED) is 0.896. The number of rotatable bonds is 4. The summed E-state index contributed by atoms with van der Waals surface area (Å²) in [5.41, 5.74) is 0. The second-order valence-corrected chi connectivity index (χ2v) is 6.62. The van der Waals surface area contributed by atoms with Crippen LogP contribution in [0.1, 0.15) is 0 Å². The summed E-state index contributed by atoms with van der Waals surface area (Å²) in [6, 6.07) is 3.91. The van der Waals surface area contributed by atoms with Crippen molar-refractivity contribution in [3.8, 4) is 5.88 Å². The average molecular weight is 369 g/mol. The molecular formula is C11H8Cl3N3O3S. The number of ether oxygens (including phenoxy) is 1. The summed E-state index contributed by atoms with van der Waals surface area (Å²) in [7, 11) is -2.60. The van der Waals surface area contributed by atoms with Crippen LogP contribution in [0.2, 0.25) is 15.2 Å². The highest BCUT2D eigenvalue weighted by molar-refractivity contribution is 7.92. The van der Waals surface area contributed by atoms with Crippen LogP contribution in [-0.4, -0.2) is 25.5 Å². The van der Waals surface area contributed by atoms with Crippen LogP contribution >= 0.6 is 34.8 Å². The van der Waals surface area contributed by atoms with E-state index in [9.17, 15) is 8.42 Å². The number of nitrogens with one attached hydrogen (secondary N) is 1. The molecule has 0 spiro atoms. The van der Waals surface area contributed by atoms with E-state index in [0.29, 0.717) is 0 Å². The number of benzene rings is 1. The third kappa shape index (κ3) is 3.68. The molecule has 0 radical (unpaired) electrons. The molecule has 0 atom stereocenters. The molecule has 2 aromatic rings. The minimum Gasteiger partial charge on any atom is -0.478 e. The molecule has 0 aliphatic heterocycles. The summed E-state index contributed by atoms with van der Waals surface area (Å²) in [5, 5.41) is 0.442. The summed E-state index contributed by atoms with van der Waals surface area (Å²) in [5.74, 6) is -0.140. The summed E-state index contributed by atoms with van der Waals surface area (Å²) in [4.78, 5) is 7.57. The highest BCUT2D eigenvalue weighted by Crippen LogP contribution is 2.27. The van der Waals surface area contributed by atoms with Crippen molar-refractivity contribution in [2.75, 3.05) is 11.8 Å². The molecular weight excluding hydrogens is 361 g/mol. The topological polar surface area (TPSA) is 81.2 Å². The molecule has 0 saturated heterocycles. The average Bonchev–Trinajstić information content (AvgIpc) is 2.43. The van der Waals surface area contributed by atoms with Gasteiger partial charge in [0.1, 0.15) is 0 Å². The predicted molar refractivity (Wildman–Crippen MR) is 80.9 cm³/mol. The first-order valence-electron chi connectivity index (χ1n) is 5.38. The van der Waals surface area contributed by atoms with Crippen molar-refractivity contribution in [1.29, 1.82) is 0 Å². The normalized spacial score (nSPS) is 11.2. The molecule has 1 N–H and O–H groups in total. The van der Waals surface area contributed by atoms with Gasteiger partial charge in [-0.3, -0.25) is 4.72 Å². The molecule has 1 aromatic heterocycles. The Hall–Kier alpha value is -1.28. The van der Waals surface area contributed by atoms with Gasteiger partial charge in [-0.25, -0.2) is 13.4 Å². The number of sulfonamides is 1. The van der Waals surface area contributed by atoms with Gasteiger partial charge in [-0.15, -0.1) is 0 Å². The van der Waals surface area contributed by atoms with Crippen molar-refractivity contribution in [3.63, 3.8) is 0 Å². The van der Waals surface area contributed by atoms with Crippen LogP contribution in [0.5, 0.6) is 5.88 Å². The first kappa shape index (κ1) is 16.1. The molecule has 2 rings (SSSR count). The van der Waals surface area contributed by atoms with Gasteiger partial charge in [-0.1, -0.05) is 34.8 Å². The molecule has 0 unspecified atom stereocenters. The maximum absolute atomic E-state index is 12.2. The smallest absolute Gasteiger partial charge is 0.263 e. The highest BCUT2D eigenvalue weighted by Gasteiger charge is 2.19. The van der Waals surface area contributed by atoms with E-state index >= 15 is 0 Å². The lowest BCUT2D eigenvalue weighted by Crippen LogP contribution is -2.15. The fourth-order valence-corrected chi connectivity index (χ4v) is 2.92. The third-order valence-electron chi connectivity index (χ3n) is 2.34. The molecule has 21 heavy (non-hydrogen) atoms. The van der Waals surface area contributed by atoms with Crippen LogP contribution in [0.4, 0.5) is 5.82 Å². The Morgan fingerprint density at radius 2 is 1.90 bits per heavy atom. The Balaban J connectivity index is 2.39. The fourth-order valence-electron chi connectivity index (χ4n) is 1.39. The monoisotopic (exact) mass is 367 g/mol. The van der Waals surface area contributed by atoms with E-state index in [0.717, 1.165) is 0 Å². The van der Waals surface area contributed by atoms with Crippen LogP contribution in [0.25, 0.3) is 0 Å². The molecule has 10 heteroatoms. The van der Waals surface area contributed by atoms with Gasteiger partial charge in [0.2, 0.25) is 5.82 Å². The Labute approximate surface area is 136 Å². The second kappa shape index (κ2) is 6.23. The molecule has 112 valence electrons. The Bertz CT molecular complexity index is 784. The Morgan fingerprint density at radius 1 is 1.19 bits per heavy atom. The lowest BCUT2D eigenvalue weighted by atomic mass is 10.4. The van der Waals surface area contributed by atoms with Crippen LogP contribution in [-0.2, 0) is 10.0 Å². The number of hydrogen-bond acceptors (Lipinski definition) is 5. The van der Waals surface area contributed by atoms with Gasteiger partial charge >= 0.3 is 0 Å². The molecule has 0 aliphatic carbocycles. The SMILES string of the molecule is COc1nc(Cl)cnc1NS(=O)(=O)c1ccc(Cl)c(Cl)c1. The van der Waals surface area contributed by atoms with Crippen molar-refractivity contribution in [1.82, 2.24) is 9.97 Å². The summed E-state index contributed by atoms with van der Waals surface area (Å²) < 4.78 is 31.7. The third-order valence-corrected chi connectivity index (χ3v) is 4.59. The predicted octanol–water partition coefficient (Wildman–Crippen LogP) is 3.25. The molecule has 0 amide bonds. The number of halogens is 3. The van der Waals surface area contributed by atoms with Crippen molar-refractivity contribution in [2.45, 2.75) is 4.90 Å². The van der Waals surface area contributed by atoms with E-state index in [4.69, 9.17) is 39.5 Å². The van der Waals surface area contributed by atoms with Gasteiger partial charge in [0, 0.05) is 0 Å². The zero-order chi connectivity index (χ0) is 15.6. The Kier molecular flexibility index (Phi) is 4.77. The summed E-state index contributed by atoms with van der Waals surface area (Å²) >= 11 is 17.2. The molecule has 1 heterocycles. The van der Waals surface area contributed by atoms with E-state index in [-0.39, 0.29) is 31.8 Å². The van der Waals surface area contributed by atoms with Crippen molar-refractivity contribution in [3.05, 3.63) is 39.6 Å². The van der Waals surface area contributed by atoms with Gasteiger partial charge in [-0.2, -0.15) is 4.98 Å². The summed E-state index contributed by atoms with van der Waals surface area (Å²) in [6.45, 7) is 0. The van der Waals surface area contributed by atoms with Crippen LogP contribution in [0, 0.1) is 0 Å². The number of nitrogens with zero attached hydrogens (tertiary/aromatic N) is 2. The molecule has 1 aromatic carbocycles. The standard InChI is InChI=1S/C11H8Cl3N3O3S/c1-20-11-10(15-5-9(14)16-11)17-21(18,19)6-2-3-7(12)8(13)4-6/h2-5H,1H3,(H,15,17). The number of methoxy groups -OCH3 is 1. The largest absolute Gasteiger partial charge is 0.478 e. The van der Waals surface area contributed by atoms with Crippen LogP contribution in [0.3, 0.4) is 0 Å². The minimum absolute atomic E-state index is 0.0499. The van der Waals surface area contributed by atoms with Gasteiger partial charge in [0.05, 0.1) is 28.2 Å². The van der Waals surface area contributed by atoms with E-state index in [1.807, 2.05) is 0 Å². The summed E-state index contributed by atoms with van der Waals surface area (Å²) in [6.07, 6.45) is 1.19. The second-order valence-electron chi connectivity index (χ2n) is 3.73. The van der Waals surface area contributed by atoms with Crippen LogP contribution in [0.15, 0.2) is 29.3 Å². The van der Waals surface area contributed by atoms with E-state index in [1.165, 1.54) is 31.5 Å². The zero-order valence-electron chi connectivity index (χ0n) is 10.5. The minimum atomic E-state index is -3.92. The number of hydrogen-bond donors (Lipinski definition) is 1. The number of aromatic nitrogens is 2. The van der Waals surface area contributed by atoms with Crippen molar-refractivity contribution in [2.24, 2.45) is 0 Å². The van der Waals surface area contributed by atoms with Gasteiger partial charge in [-0.05, 0) is 18.2 Å². The lowest BCUT2D eigenvalue weighted by Gasteiger charge is -2.10. The first-order valence-corrected chi connectivity index (χ1v) is 7.99. The van der Waals surface area contributed by atoms with Gasteiger partial charge in [0.25, 0.3) is 15.9 Å². The Morgan fingerprint density at radius 3 is 2.52 bits per heavy atom. The van der Waals surface area contributed by atoms with Crippen molar-refractivity contribution >= 4 is 50.6 Å². The molecule has 0 fully saturated rings.